The number of allylic oxidation sites excluding steroid dienone is 6. The van der Waals surface area contributed by atoms with E-state index in [1.165, 1.54) is 39.0 Å². The molecular formula is C39H54O. The van der Waals surface area contributed by atoms with Crippen molar-refractivity contribution >= 4 is 5.57 Å². The van der Waals surface area contributed by atoms with Crippen LogP contribution in [0.3, 0.4) is 0 Å². The van der Waals surface area contributed by atoms with Gasteiger partial charge in [-0.15, -0.1) is 0 Å². The van der Waals surface area contributed by atoms with Crippen LogP contribution in [0.1, 0.15) is 142 Å². The Bertz CT molecular complexity index is 1390. The number of hydrogen-bond donors (Lipinski definition) is 1. The quantitative estimate of drug-likeness (QED) is 0.403. The van der Waals surface area contributed by atoms with Crippen molar-refractivity contribution in [3.8, 4) is 5.75 Å². The molecule has 0 spiro atoms. The minimum Gasteiger partial charge on any atom is -0.507 e. The van der Waals surface area contributed by atoms with Gasteiger partial charge in [0.05, 0.1) is 0 Å². The maximum Gasteiger partial charge on any atom is 0.126 e. The van der Waals surface area contributed by atoms with Gasteiger partial charge >= 0.3 is 0 Å². The maximum atomic E-state index is 12.0. The van der Waals surface area contributed by atoms with Crippen LogP contribution < -0.4 is 0 Å². The Balaban J connectivity index is 2.03. The number of fused-ring (bicyclic) bond motifs is 3. The summed E-state index contributed by atoms with van der Waals surface area (Å²) in [5, 5.41) is 12.0. The maximum absolute atomic E-state index is 12.0. The molecule has 0 saturated heterocycles. The van der Waals surface area contributed by atoms with Crippen molar-refractivity contribution in [1.29, 1.82) is 0 Å². The molecule has 2 aromatic rings. The fourth-order valence-corrected chi connectivity index (χ4v) is 6.57. The highest BCUT2D eigenvalue weighted by molar-refractivity contribution is 5.81. The Hall–Kier alpha value is -2.54. The Labute approximate surface area is 245 Å². The molecule has 3 atom stereocenters. The lowest BCUT2D eigenvalue weighted by Crippen LogP contribution is -2.20. The van der Waals surface area contributed by atoms with E-state index in [4.69, 9.17) is 0 Å². The number of hydrogen-bond acceptors (Lipinski definition) is 1. The highest BCUT2D eigenvalue weighted by atomic mass is 16.3. The van der Waals surface area contributed by atoms with E-state index in [9.17, 15) is 5.11 Å². The van der Waals surface area contributed by atoms with E-state index in [1.54, 1.807) is 0 Å². The monoisotopic (exact) mass is 538 g/mol. The topological polar surface area (TPSA) is 20.2 Å². The van der Waals surface area contributed by atoms with Crippen molar-refractivity contribution in [3.63, 3.8) is 0 Å². The number of phenolic OH excluding ortho intramolecular Hbond substituents is 1. The van der Waals surface area contributed by atoms with Crippen molar-refractivity contribution in [2.45, 2.75) is 125 Å². The first-order chi connectivity index (χ1) is 18.1. The van der Waals surface area contributed by atoms with Gasteiger partial charge in [0.1, 0.15) is 5.75 Å². The van der Waals surface area contributed by atoms with Gasteiger partial charge in [0.25, 0.3) is 0 Å². The van der Waals surface area contributed by atoms with E-state index in [-0.39, 0.29) is 27.6 Å². The first-order valence-corrected chi connectivity index (χ1v) is 15.2. The van der Waals surface area contributed by atoms with Crippen LogP contribution in [0.2, 0.25) is 0 Å². The molecule has 4 rings (SSSR count). The zero-order chi connectivity index (χ0) is 30.2. The molecule has 3 unspecified atom stereocenters. The molecule has 1 heteroatoms. The van der Waals surface area contributed by atoms with Crippen LogP contribution in [-0.4, -0.2) is 5.11 Å². The molecule has 0 aromatic heterocycles. The first-order valence-electron chi connectivity index (χ1n) is 15.2. The summed E-state index contributed by atoms with van der Waals surface area (Å²) in [6.07, 6.45) is 7.40. The molecule has 2 aliphatic carbocycles. The second-order valence-electron chi connectivity index (χ2n) is 16.7. The van der Waals surface area contributed by atoms with Crippen molar-refractivity contribution in [2.75, 3.05) is 0 Å². The van der Waals surface area contributed by atoms with Crippen LogP contribution in [0, 0.1) is 11.3 Å². The predicted molar refractivity (Wildman–Crippen MR) is 175 cm³/mol. The number of rotatable bonds is 2. The molecular weight excluding hydrogens is 484 g/mol. The molecule has 0 saturated carbocycles. The number of aromatic hydroxyl groups is 1. The normalized spacial score (nSPS) is 21.1. The van der Waals surface area contributed by atoms with Crippen LogP contribution in [0.5, 0.6) is 5.75 Å². The van der Waals surface area contributed by atoms with Crippen LogP contribution in [0.15, 0.2) is 59.7 Å². The van der Waals surface area contributed by atoms with E-state index < -0.39 is 0 Å². The molecule has 0 heterocycles. The van der Waals surface area contributed by atoms with Gasteiger partial charge in [-0.25, -0.2) is 0 Å². The second-order valence-corrected chi connectivity index (χ2v) is 16.7. The molecule has 2 aromatic carbocycles. The lowest BCUT2D eigenvalue weighted by Gasteiger charge is -2.33. The summed E-state index contributed by atoms with van der Waals surface area (Å²) in [4.78, 5) is 0. The summed E-state index contributed by atoms with van der Waals surface area (Å²) in [6.45, 7) is 31.8. The smallest absolute Gasteiger partial charge is 0.126 e. The second kappa shape index (κ2) is 9.78. The Morgan fingerprint density at radius 2 is 1.27 bits per heavy atom. The van der Waals surface area contributed by atoms with Gasteiger partial charge in [-0.2, -0.15) is 0 Å². The molecule has 0 aliphatic heterocycles. The van der Waals surface area contributed by atoms with E-state index >= 15 is 0 Å². The van der Waals surface area contributed by atoms with Gasteiger partial charge < -0.3 is 5.11 Å². The Kier molecular flexibility index (Phi) is 7.44. The molecule has 0 fully saturated rings. The minimum absolute atomic E-state index is 0.0258. The van der Waals surface area contributed by atoms with E-state index in [0.29, 0.717) is 17.6 Å². The molecule has 2 aliphatic rings. The fraction of sp³-hybridized carbons (Fsp3) is 0.538. The summed E-state index contributed by atoms with van der Waals surface area (Å²) in [6, 6.07) is 11.7. The predicted octanol–water partition coefficient (Wildman–Crippen LogP) is 11.1. The lowest BCUT2D eigenvalue weighted by atomic mass is 9.71. The average Bonchev–Trinajstić information content (AvgIpc) is 3.10. The van der Waals surface area contributed by atoms with Crippen molar-refractivity contribution in [2.24, 2.45) is 11.3 Å². The van der Waals surface area contributed by atoms with Crippen molar-refractivity contribution < 1.29 is 5.11 Å². The number of benzene rings is 2. The van der Waals surface area contributed by atoms with Gasteiger partial charge in [-0.1, -0.05) is 131 Å². The molecule has 0 radical (unpaired) electrons. The van der Waals surface area contributed by atoms with Crippen molar-refractivity contribution in [1.82, 2.24) is 0 Å². The van der Waals surface area contributed by atoms with Crippen LogP contribution in [0.25, 0.3) is 5.57 Å². The summed E-state index contributed by atoms with van der Waals surface area (Å²) < 4.78 is 0. The van der Waals surface area contributed by atoms with Crippen molar-refractivity contribution in [3.05, 3.63) is 93.1 Å². The summed E-state index contributed by atoms with van der Waals surface area (Å²) in [7, 11) is 0. The van der Waals surface area contributed by atoms with Gasteiger partial charge in [0.2, 0.25) is 0 Å². The third-order valence-electron chi connectivity index (χ3n) is 9.09. The SMILES string of the molecule is CC(C)=C(c1cc(C(C)(C)C)cc(C(C)(C)C)c1O)C1c2ccc(C(C)(C)C)cc2C2C=C(C(C)(C)C)C=CC21. The van der Waals surface area contributed by atoms with Gasteiger partial charge in [-0.05, 0) is 80.9 Å². The third kappa shape index (κ3) is 5.50. The molecule has 216 valence electrons. The van der Waals surface area contributed by atoms with E-state index in [0.717, 1.165) is 11.1 Å². The zero-order valence-corrected chi connectivity index (χ0v) is 27.8. The lowest BCUT2D eigenvalue weighted by molar-refractivity contribution is 0.441. The van der Waals surface area contributed by atoms with Crippen LogP contribution >= 0.6 is 0 Å². The van der Waals surface area contributed by atoms with E-state index in [1.807, 2.05) is 0 Å². The minimum atomic E-state index is -0.167. The highest BCUT2D eigenvalue weighted by Gasteiger charge is 2.44. The summed E-state index contributed by atoms with van der Waals surface area (Å²) in [5.74, 6) is 1.27. The third-order valence-corrected chi connectivity index (χ3v) is 9.09. The molecule has 40 heavy (non-hydrogen) atoms. The number of phenols is 1. The Morgan fingerprint density at radius 3 is 1.77 bits per heavy atom. The zero-order valence-electron chi connectivity index (χ0n) is 27.8. The average molecular weight is 539 g/mol. The first kappa shape index (κ1) is 30.4. The molecule has 1 N–H and O–H groups in total. The highest BCUT2D eigenvalue weighted by Crippen LogP contribution is 2.58. The van der Waals surface area contributed by atoms with Crippen LogP contribution in [-0.2, 0) is 16.2 Å². The standard InChI is InChI=1S/C39H54O/c1-23(2)33(31-21-26(38(9,10)11)22-32(35(31)40)39(12,13)14)34-27-17-15-24(36(3,4)5)19-29(27)30-20-25(37(6,7)8)16-18-28(30)34/h15-22,27,29,34,40H,1-14H3. The van der Waals surface area contributed by atoms with Gasteiger partial charge in [0.15, 0.2) is 0 Å². The Morgan fingerprint density at radius 1 is 0.675 bits per heavy atom. The van der Waals surface area contributed by atoms with Crippen LogP contribution in [0.4, 0.5) is 0 Å². The van der Waals surface area contributed by atoms with E-state index in [2.05, 4.69) is 145 Å². The molecule has 0 amide bonds. The van der Waals surface area contributed by atoms with Gasteiger partial charge in [-0.3, -0.25) is 0 Å². The fourth-order valence-electron chi connectivity index (χ4n) is 6.57. The molecule has 1 nitrogen and oxygen atoms in total. The molecule has 0 bridgehead atoms. The largest absolute Gasteiger partial charge is 0.507 e. The van der Waals surface area contributed by atoms with Gasteiger partial charge in [0, 0.05) is 23.0 Å². The summed E-state index contributed by atoms with van der Waals surface area (Å²) in [5.41, 5.74) is 11.5. The summed E-state index contributed by atoms with van der Waals surface area (Å²) >= 11 is 0.